The van der Waals surface area contributed by atoms with Crippen LogP contribution < -0.4 is 24.4 Å². The molecule has 0 bridgehead atoms. The molecule has 5 aromatic rings. The minimum Gasteiger partial charge on any atom is -0.497 e. The van der Waals surface area contributed by atoms with Gasteiger partial charge in [0.05, 0.1) is 35.6 Å². The van der Waals surface area contributed by atoms with Crippen LogP contribution in [-0.4, -0.2) is 24.3 Å². The first-order valence-electron chi connectivity index (χ1n) is 14.2. The molecule has 0 amide bonds. The lowest BCUT2D eigenvalue weighted by atomic mass is 9.93. The standard InChI is InChI=1S/C36H30N2O5S/c1-3-42-35(40)31-32(26-15-8-5-9-16-26)37-36-38(33(31)27-17-11-18-28(22-27)41-2)34(39)30(44-36)21-25-14-10-19-29(20-25)43-23-24-12-6-4-7-13-24/h4-22,33H,3,23H2,1-2H3/b30-21+/t33-/m0/s1. The van der Waals surface area contributed by atoms with E-state index < -0.39 is 12.0 Å². The summed E-state index contributed by atoms with van der Waals surface area (Å²) in [6.45, 7) is 2.38. The Hall–Kier alpha value is -5.21. The van der Waals surface area contributed by atoms with Gasteiger partial charge in [0.1, 0.15) is 18.1 Å². The summed E-state index contributed by atoms with van der Waals surface area (Å²) < 4.78 is 19.1. The molecule has 1 aliphatic rings. The van der Waals surface area contributed by atoms with Crippen molar-refractivity contribution in [3.05, 3.63) is 157 Å². The maximum Gasteiger partial charge on any atom is 0.338 e. The highest BCUT2D eigenvalue weighted by molar-refractivity contribution is 7.07. The number of rotatable bonds is 9. The van der Waals surface area contributed by atoms with Gasteiger partial charge in [-0.2, -0.15) is 0 Å². The molecule has 6 rings (SSSR count). The molecule has 1 atom stereocenters. The van der Waals surface area contributed by atoms with E-state index in [0.29, 0.717) is 44.3 Å². The van der Waals surface area contributed by atoms with Crippen LogP contribution in [0.15, 0.2) is 125 Å². The van der Waals surface area contributed by atoms with Gasteiger partial charge in [-0.05, 0) is 54.0 Å². The number of carbonyl (C=O) groups excluding carboxylic acids is 1. The summed E-state index contributed by atoms with van der Waals surface area (Å²) in [6, 6.07) is 33.7. The third-order valence-corrected chi connectivity index (χ3v) is 8.17. The van der Waals surface area contributed by atoms with Gasteiger partial charge in [-0.25, -0.2) is 9.79 Å². The highest BCUT2D eigenvalue weighted by atomic mass is 32.1. The third kappa shape index (κ3) is 5.98. The molecule has 1 aliphatic heterocycles. The van der Waals surface area contributed by atoms with Gasteiger partial charge in [-0.15, -0.1) is 0 Å². The first kappa shape index (κ1) is 28.9. The van der Waals surface area contributed by atoms with Gasteiger partial charge in [0.15, 0.2) is 4.80 Å². The smallest absolute Gasteiger partial charge is 0.338 e. The number of carbonyl (C=O) groups is 1. The average molecular weight is 603 g/mol. The van der Waals surface area contributed by atoms with Crippen molar-refractivity contribution >= 4 is 29.1 Å². The Kier molecular flexibility index (Phi) is 8.52. The Morgan fingerprint density at radius 2 is 1.64 bits per heavy atom. The molecular weight excluding hydrogens is 572 g/mol. The third-order valence-electron chi connectivity index (χ3n) is 7.19. The number of hydrogen-bond donors (Lipinski definition) is 0. The maximum absolute atomic E-state index is 14.2. The van der Waals surface area contributed by atoms with Gasteiger partial charge in [0.2, 0.25) is 0 Å². The van der Waals surface area contributed by atoms with Crippen LogP contribution in [0.4, 0.5) is 0 Å². The fourth-order valence-electron chi connectivity index (χ4n) is 5.15. The second-order valence-corrected chi connectivity index (χ2v) is 11.1. The number of nitrogens with zero attached hydrogens (tertiary/aromatic N) is 2. The van der Waals surface area contributed by atoms with Crippen molar-refractivity contribution in [3.63, 3.8) is 0 Å². The molecule has 0 spiro atoms. The van der Waals surface area contributed by atoms with Crippen molar-refractivity contribution in [2.75, 3.05) is 13.7 Å². The molecule has 0 N–H and O–H groups in total. The van der Waals surface area contributed by atoms with Crippen molar-refractivity contribution in [1.82, 2.24) is 4.57 Å². The van der Waals surface area contributed by atoms with E-state index in [1.165, 1.54) is 11.3 Å². The van der Waals surface area contributed by atoms with Crippen LogP contribution in [0.25, 0.3) is 11.8 Å². The van der Waals surface area contributed by atoms with E-state index >= 15 is 0 Å². The van der Waals surface area contributed by atoms with Crippen LogP contribution in [-0.2, 0) is 16.1 Å². The number of thiazole rings is 1. The Bertz CT molecular complexity index is 2010. The molecule has 0 fully saturated rings. The maximum atomic E-state index is 14.2. The molecule has 2 heterocycles. The number of esters is 1. The van der Waals surface area contributed by atoms with E-state index in [9.17, 15) is 9.59 Å². The van der Waals surface area contributed by atoms with Gasteiger partial charge >= 0.3 is 5.97 Å². The van der Waals surface area contributed by atoms with E-state index in [1.54, 1.807) is 18.6 Å². The lowest BCUT2D eigenvalue weighted by Crippen LogP contribution is -2.40. The van der Waals surface area contributed by atoms with Crippen molar-refractivity contribution in [2.45, 2.75) is 19.6 Å². The molecular formula is C36H30N2O5S. The first-order chi connectivity index (χ1) is 21.6. The lowest BCUT2D eigenvalue weighted by molar-refractivity contribution is -0.138. The normalized spacial score (nSPS) is 14.5. The number of ether oxygens (including phenoxy) is 3. The molecule has 4 aromatic carbocycles. The quantitative estimate of drug-likeness (QED) is 0.208. The van der Waals surface area contributed by atoms with E-state index in [1.807, 2.05) is 115 Å². The summed E-state index contributed by atoms with van der Waals surface area (Å²) in [5.74, 6) is 0.777. The van der Waals surface area contributed by atoms with Crippen LogP contribution in [0.2, 0.25) is 0 Å². The molecule has 1 aromatic heterocycles. The van der Waals surface area contributed by atoms with E-state index in [2.05, 4.69) is 0 Å². The SMILES string of the molecule is CCOC(=O)C1=C(c2ccccc2)N=c2s/c(=C/c3cccc(OCc4ccccc4)c3)c(=O)n2[C@H]1c1cccc(OC)c1. The summed E-state index contributed by atoms with van der Waals surface area (Å²) in [7, 11) is 1.58. The number of methoxy groups -OCH3 is 1. The molecule has 0 saturated heterocycles. The second kappa shape index (κ2) is 13.0. The van der Waals surface area contributed by atoms with Crippen LogP contribution >= 0.6 is 11.3 Å². The topological polar surface area (TPSA) is 79.1 Å². The van der Waals surface area contributed by atoms with Gasteiger partial charge in [-0.3, -0.25) is 9.36 Å². The summed E-state index contributed by atoms with van der Waals surface area (Å²) in [5, 5.41) is 0. The zero-order valence-electron chi connectivity index (χ0n) is 24.3. The number of aromatic nitrogens is 1. The largest absolute Gasteiger partial charge is 0.497 e. The predicted molar refractivity (Wildman–Crippen MR) is 171 cm³/mol. The molecule has 0 aliphatic carbocycles. The highest BCUT2D eigenvalue weighted by Crippen LogP contribution is 2.36. The molecule has 44 heavy (non-hydrogen) atoms. The van der Waals surface area contributed by atoms with Gasteiger partial charge in [0.25, 0.3) is 5.56 Å². The molecule has 0 saturated carbocycles. The summed E-state index contributed by atoms with van der Waals surface area (Å²) in [5.41, 5.74) is 3.85. The minimum atomic E-state index is -0.779. The summed E-state index contributed by atoms with van der Waals surface area (Å²) >= 11 is 1.28. The number of fused-ring (bicyclic) bond motifs is 1. The van der Waals surface area contributed by atoms with Crippen molar-refractivity contribution < 1.29 is 19.0 Å². The summed E-state index contributed by atoms with van der Waals surface area (Å²) in [4.78, 5) is 33.2. The fourth-order valence-corrected chi connectivity index (χ4v) is 6.15. The Morgan fingerprint density at radius 3 is 2.39 bits per heavy atom. The lowest BCUT2D eigenvalue weighted by Gasteiger charge is -2.26. The average Bonchev–Trinajstić information content (AvgIpc) is 3.38. The van der Waals surface area contributed by atoms with E-state index in [0.717, 1.165) is 16.7 Å². The van der Waals surface area contributed by atoms with Crippen molar-refractivity contribution in [2.24, 2.45) is 4.99 Å². The monoisotopic (exact) mass is 602 g/mol. The minimum absolute atomic E-state index is 0.183. The van der Waals surface area contributed by atoms with Crippen LogP contribution in [0.3, 0.4) is 0 Å². The molecule has 8 heteroatoms. The summed E-state index contributed by atoms with van der Waals surface area (Å²) in [6.07, 6.45) is 1.83. The van der Waals surface area contributed by atoms with E-state index in [-0.39, 0.29) is 12.2 Å². The van der Waals surface area contributed by atoms with Crippen molar-refractivity contribution in [3.8, 4) is 11.5 Å². The van der Waals surface area contributed by atoms with E-state index in [4.69, 9.17) is 19.2 Å². The molecule has 0 radical (unpaired) electrons. The van der Waals surface area contributed by atoms with Crippen LogP contribution in [0.5, 0.6) is 11.5 Å². The molecule has 7 nitrogen and oxygen atoms in total. The molecule has 220 valence electrons. The highest BCUT2D eigenvalue weighted by Gasteiger charge is 2.35. The van der Waals surface area contributed by atoms with Crippen LogP contribution in [0.1, 0.15) is 35.2 Å². The fraction of sp³-hybridized carbons (Fsp3) is 0.139. The van der Waals surface area contributed by atoms with Gasteiger partial charge < -0.3 is 14.2 Å². The van der Waals surface area contributed by atoms with Crippen molar-refractivity contribution in [1.29, 1.82) is 0 Å². The van der Waals surface area contributed by atoms with Gasteiger partial charge in [-0.1, -0.05) is 96.3 Å². The zero-order chi connectivity index (χ0) is 30.5. The Morgan fingerprint density at radius 1 is 0.909 bits per heavy atom. The first-order valence-corrected chi connectivity index (χ1v) is 15.1. The Balaban J connectivity index is 1.50. The van der Waals surface area contributed by atoms with Gasteiger partial charge in [0, 0.05) is 5.56 Å². The predicted octanol–water partition coefficient (Wildman–Crippen LogP) is 5.52. The number of benzene rings is 4. The second-order valence-electron chi connectivity index (χ2n) is 10.1. The Labute approximate surface area is 258 Å². The molecule has 0 unspecified atom stereocenters. The zero-order valence-corrected chi connectivity index (χ0v) is 25.1. The van der Waals surface area contributed by atoms with Crippen LogP contribution in [0, 0.1) is 0 Å². The number of hydrogen-bond acceptors (Lipinski definition) is 7.